The van der Waals surface area contributed by atoms with Crippen LogP contribution in [0.15, 0.2) is 24.3 Å². The predicted molar refractivity (Wildman–Crippen MR) is 92.6 cm³/mol. The fourth-order valence-electron chi connectivity index (χ4n) is 2.76. The number of hydrogen-bond donors (Lipinski definition) is 3. The lowest BCUT2D eigenvalue weighted by Gasteiger charge is -2.25. The van der Waals surface area contributed by atoms with Gasteiger partial charge in [-0.05, 0) is 38.1 Å². The van der Waals surface area contributed by atoms with Gasteiger partial charge in [-0.2, -0.15) is 0 Å². The molecule has 0 saturated carbocycles. The summed E-state index contributed by atoms with van der Waals surface area (Å²) in [6.07, 6.45) is 0. The molecule has 0 radical (unpaired) electrons. The number of nitrogens with zero attached hydrogens (tertiary/aromatic N) is 1. The average molecular weight is 349 g/mol. The third-order valence-corrected chi connectivity index (χ3v) is 4.32. The summed E-state index contributed by atoms with van der Waals surface area (Å²) >= 11 is 0. The molecule has 1 aromatic carbocycles. The molecule has 8 nitrogen and oxygen atoms in total. The highest BCUT2D eigenvalue weighted by molar-refractivity contribution is 5.97. The molecule has 1 aromatic rings. The number of amides is 4. The number of urea groups is 1. The molecule has 1 unspecified atom stereocenters. The number of rotatable bonds is 7. The summed E-state index contributed by atoms with van der Waals surface area (Å²) in [5.74, 6) is 0.263. The van der Waals surface area contributed by atoms with Gasteiger partial charge in [-0.15, -0.1) is 0 Å². The van der Waals surface area contributed by atoms with E-state index in [9.17, 15) is 14.4 Å². The third-order valence-electron chi connectivity index (χ3n) is 4.32. The molecule has 0 aliphatic carbocycles. The normalized spacial score (nSPS) is 16.1. The van der Waals surface area contributed by atoms with Crippen LogP contribution in [-0.2, 0) is 9.59 Å². The summed E-state index contributed by atoms with van der Waals surface area (Å²) in [7, 11) is 1.58. The summed E-state index contributed by atoms with van der Waals surface area (Å²) in [6.45, 7) is 5.23. The SMILES string of the molecule is CC[NH+](CC(=O)Nc1ccc(OC)cc1)[C@H](C)C(=O)N1CCNC1=O. The van der Waals surface area contributed by atoms with Gasteiger partial charge in [0.1, 0.15) is 5.75 Å². The minimum atomic E-state index is -0.476. The van der Waals surface area contributed by atoms with Crippen LogP contribution in [0, 0.1) is 0 Å². The lowest BCUT2D eigenvalue weighted by molar-refractivity contribution is -0.904. The number of carbonyl (C=O) groups is 3. The number of carbonyl (C=O) groups excluding carboxylic acids is 3. The highest BCUT2D eigenvalue weighted by Gasteiger charge is 2.35. The van der Waals surface area contributed by atoms with Gasteiger partial charge in [0.2, 0.25) is 0 Å². The Balaban J connectivity index is 1.93. The Kier molecular flexibility index (Phi) is 6.35. The molecule has 4 amide bonds. The van der Waals surface area contributed by atoms with Crippen LogP contribution in [0.25, 0.3) is 0 Å². The molecule has 1 saturated heterocycles. The molecule has 1 heterocycles. The first-order chi connectivity index (χ1) is 12.0. The van der Waals surface area contributed by atoms with E-state index in [1.54, 1.807) is 38.3 Å². The minimum absolute atomic E-state index is 0.144. The van der Waals surface area contributed by atoms with E-state index < -0.39 is 6.04 Å². The number of hydrogen-bond acceptors (Lipinski definition) is 4. The van der Waals surface area contributed by atoms with E-state index in [0.717, 1.165) is 4.90 Å². The van der Waals surface area contributed by atoms with E-state index in [4.69, 9.17) is 4.74 Å². The molecule has 2 atom stereocenters. The number of nitrogens with one attached hydrogen (secondary N) is 3. The number of anilines is 1. The van der Waals surface area contributed by atoms with Crippen LogP contribution in [0.5, 0.6) is 5.75 Å². The highest BCUT2D eigenvalue weighted by Crippen LogP contribution is 2.14. The molecular weight excluding hydrogens is 324 g/mol. The molecule has 8 heteroatoms. The zero-order valence-corrected chi connectivity index (χ0v) is 14.8. The standard InChI is InChI=1S/C17H24N4O4/c1-4-20(12(2)16(23)21-10-9-18-17(21)24)11-15(22)19-13-5-7-14(25-3)8-6-13/h5-8,12H,4,9-11H2,1-3H3,(H,18,24)(H,19,22)/p+1/t12-/m1/s1. The minimum Gasteiger partial charge on any atom is -0.497 e. The number of ether oxygens (including phenoxy) is 1. The highest BCUT2D eigenvalue weighted by atomic mass is 16.5. The summed E-state index contributed by atoms with van der Waals surface area (Å²) in [5, 5.41) is 5.42. The van der Waals surface area contributed by atoms with Crippen LogP contribution in [0.4, 0.5) is 10.5 Å². The lowest BCUT2D eigenvalue weighted by Crippen LogP contribution is -3.17. The van der Waals surface area contributed by atoms with Crippen molar-refractivity contribution in [1.29, 1.82) is 0 Å². The van der Waals surface area contributed by atoms with Crippen LogP contribution in [0.1, 0.15) is 13.8 Å². The van der Waals surface area contributed by atoms with Crippen molar-refractivity contribution in [3.63, 3.8) is 0 Å². The number of quaternary nitrogens is 1. The molecule has 136 valence electrons. The Bertz CT molecular complexity index is 632. The maximum Gasteiger partial charge on any atom is 0.324 e. The zero-order chi connectivity index (χ0) is 18.4. The molecule has 0 aromatic heterocycles. The largest absolute Gasteiger partial charge is 0.497 e. The van der Waals surface area contributed by atoms with E-state index in [2.05, 4.69) is 10.6 Å². The van der Waals surface area contributed by atoms with Crippen LogP contribution in [0.3, 0.4) is 0 Å². The second-order valence-electron chi connectivity index (χ2n) is 5.91. The second-order valence-corrected chi connectivity index (χ2v) is 5.91. The van der Waals surface area contributed by atoms with E-state index in [1.807, 2.05) is 6.92 Å². The maximum absolute atomic E-state index is 12.5. The Hall–Kier alpha value is -2.61. The van der Waals surface area contributed by atoms with Gasteiger partial charge in [-0.1, -0.05) is 0 Å². The van der Waals surface area contributed by atoms with Gasteiger partial charge in [0.25, 0.3) is 11.8 Å². The van der Waals surface area contributed by atoms with E-state index in [-0.39, 0.29) is 24.4 Å². The van der Waals surface area contributed by atoms with E-state index >= 15 is 0 Å². The second kappa shape index (κ2) is 8.48. The quantitative estimate of drug-likeness (QED) is 0.618. The van der Waals surface area contributed by atoms with Gasteiger partial charge in [-0.25, -0.2) is 4.79 Å². The summed E-state index contributed by atoms with van der Waals surface area (Å²) < 4.78 is 5.08. The summed E-state index contributed by atoms with van der Waals surface area (Å²) in [5.41, 5.74) is 0.666. The van der Waals surface area contributed by atoms with Crippen molar-refractivity contribution in [2.75, 3.05) is 38.6 Å². The fraction of sp³-hybridized carbons (Fsp3) is 0.471. The molecule has 1 aliphatic heterocycles. The van der Waals surface area contributed by atoms with Gasteiger partial charge in [0, 0.05) is 18.8 Å². The zero-order valence-electron chi connectivity index (χ0n) is 14.8. The molecule has 25 heavy (non-hydrogen) atoms. The molecule has 3 N–H and O–H groups in total. The number of benzene rings is 1. The van der Waals surface area contributed by atoms with Crippen molar-refractivity contribution in [1.82, 2.24) is 10.2 Å². The number of imide groups is 1. The first-order valence-corrected chi connectivity index (χ1v) is 8.34. The number of likely N-dealkylation sites (N-methyl/N-ethyl adjacent to an activating group) is 1. The van der Waals surface area contributed by atoms with Crippen molar-refractivity contribution in [3.05, 3.63) is 24.3 Å². The molecule has 1 fully saturated rings. The van der Waals surface area contributed by atoms with Crippen LogP contribution in [-0.4, -0.2) is 62.1 Å². The van der Waals surface area contributed by atoms with Crippen molar-refractivity contribution in [3.8, 4) is 5.75 Å². The van der Waals surface area contributed by atoms with Gasteiger partial charge >= 0.3 is 6.03 Å². The summed E-state index contributed by atoms with van der Waals surface area (Å²) in [4.78, 5) is 38.4. The topological polar surface area (TPSA) is 92.2 Å². The Morgan fingerprint density at radius 1 is 1.36 bits per heavy atom. The number of methoxy groups -OCH3 is 1. The van der Waals surface area contributed by atoms with Crippen molar-refractivity contribution in [2.24, 2.45) is 0 Å². The van der Waals surface area contributed by atoms with Gasteiger partial charge in [0.05, 0.1) is 13.7 Å². The molecule has 0 bridgehead atoms. The van der Waals surface area contributed by atoms with E-state index in [1.165, 1.54) is 4.90 Å². The smallest absolute Gasteiger partial charge is 0.324 e. The predicted octanol–water partition coefficient (Wildman–Crippen LogP) is -0.521. The van der Waals surface area contributed by atoms with Gasteiger partial charge < -0.3 is 20.3 Å². The van der Waals surface area contributed by atoms with Crippen LogP contribution in [0.2, 0.25) is 0 Å². The van der Waals surface area contributed by atoms with Crippen LogP contribution < -0.4 is 20.3 Å². The Labute approximate surface area is 147 Å². The Morgan fingerprint density at radius 2 is 2.04 bits per heavy atom. The molecule has 1 aliphatic rings. The van der Waals surface area contributed by atoms with Crippen molar-refractivity contribution >= 4 is 23.5 Å². The van der Waals surface area contributed by atoms with Crippen molar-refractivity contribution < 1.29 is 24.0 Å². The first-order valence-electron chi connectivity index (χ1n) is 8.34. The lowest BCUT2D eigenvalue weighted by atomic mass is 10.2. The monoisotopic (exact) mass is 349 g/mol. The van der Waals surface area contributed by atoms with Crippen molar-refractivity contribution in [2.45, 2.75) is 19.9 Å². The van der Waals surface area contributed by atoms with Gasteiger partial charge in [-0.3, -0.25) is 14.5 Å². The molecule has 0 spiro atoms. The third kappa shape index (κ3) is 4.69. The Morgan fingerprint density at radius 3 is 2.56 bits per heavy atom. The van der Waals surface area contributed by atoms with E-state index in [0.29, 0.717) is 31.1 Å². The average Bonchev–Trinajstić information content (AvgIpc) is 3.05. The first kappa shape index (κ1) is 18.7. The van der Waals surface area contributed by atoms with Crippen LogP contribution >= 0.6 is 0 Å². The fourth-order valence-corrected chi connectivity index (χ4v) is 2.76. The molecular formula is C17H25N4O4+. The summed E-state index contributed by atoms with van der Waals surface area (Å²) in [6, 6.07) is 6.19. The molecule has 2 rings (SSSR count). The van der Waals surface area contributed by atoms with Gasteiger partial charge in [0.15, 0.2) is 12.6 Å². The maximum atomic E-state index is 12.5.